The van der Waals surface area contributed by atoms with Gasteiger partial charge in [0, 0.05) is 23.7 Å². The van der Waals surface area contributed by atoms with Gasteiger partial charge in [-0.2, -0.15) is 0 Å². The first-order valence-corrected chi connectivity index (χ1v) is 10.6. The Balaban J connectivity index is 1.63. The fourth-order valence-electron chi connectivity index (χ4n) is 7.39. The summed E-state index contributed by atoms with van der Waals surface area (Å²) in [5.74, 6) is -1.10. The van der Waals surface area contributed by atoms with E-state index in [1.807, 2.05) is 0 Å². The summed E-state index contributed by atoms with van der Waals surface area (Å²) in [5, 5.41) is 10.1. The number of carboxylic acid groups (broad SMARTS) is 1. The number of ether oxygens (including phenoxy) is 1. The monoisotopic (exact) mass is 384 g/mol. The van der Waals surface area contributed by atoms with E-state index in [4.69, 9.17) is 4.74 Å². The lowest BCUT2D eigenvalue weighted by Crippen LogP contribution is -2.53. The number of carbonyl (C=O) groups is 3. The Bertz CT molecular complexity index is 853. The van der Waals surface area contributed by atoms with Crippen molar-refractivity contribution in [3.63, 3.8) is 0 Å². The van der Waals surface area contributed by atoms with E-state index in [0.717, 1.165) is 37.7 Å². The normalized spacial score (nSPS) is 47.0. The van der Waals surface area contributed by atoms with Crippen LogP contribution in [-0.4, -0.2) is 28.4 Å². The molecule has 0 unspecified atom stereocenters. The van der Waals surface area contributed by atoms with Crippen molar-refractivity contribution in [2.24, 2.45) is 28.6 Å². The van der Waals surface area contributed by atoms with Gasteiger partial charge >= 0.3 is 11.9 Å². The van der Waals surface area contributed by atoms with Crippen molar-refractivity contribution in [3.8, 4) is 0 Å². The maximum atomic E-state index is 12.3. The van der Waals surface area contributed by atoms with Gasteiger partial charge in [-0.25, -0.2) is 0 Å². The predicted molar refractivity (Wildman–Crippen MR) is 101 cm³/mol. The van der Waals surface area contributed by atoms with Crippen molar-refractivity contribution < 1.29 is 24.2 Å². The van der Waals surface area contributed by atoms with E-state index in [9.17, 15) is 19.5 Å². The molecule has 150 valence electrons. The molecule has 1 heterocycles. The number of hydrogen-bond acceptors (Lipinski definition) is 4. The van der Waals surface area contributed by atoms with Crippen LogP contribution in [0.4, 0.5) is 0 Å². The topological polar surface area (TPSA) is 80.7 Å². The molecule has 2 saturated carbocycles. The van der Waals surface area contributed by atoms with E-state index in [1.165, 1.54) is 5.57 Å². The molecule has 5 nitrogen and oxygen atoms in total. The molecule has 5 aliphatic rings. The summed E-state index contributed by atoms with van der Waals surface area (Å²) >= 11 is 0. The molecule has 5 rings (SSSR count). The molecule has 28 heavy (non-hydrogen) atoms. The Morgan fingerprint density at radius 3 is 2.64 bits per heavy atom. The molecule has 5 heteroatoms. The highest BCUT2D eigenvalue weighted by Gasteiger charge is 2.67. The number of ketones is 1. The van der Waals surface area contributed by atoms with Gasteiger partial charge in [0.05, 0.1) is 5.92 Å². The van der Waals surface area contributed by atoms with E-state index in [-0.39, 0.29) is 34.4 Å². The van der Waals surface area contributed by atoms with Gasteiger partial charge in [0.15, 0.2) is 5.78 Å². The van der Waals surface area contributed by atoms with Crippen LogP contribution in [0.3, 0.4) is 0 Å². The number of aliphatic carboxylic acids is 1. The third-order valence-electron chi connectivity index (χ3n) is 9.04. The number of hydrogen-bond donors (Lipinski definition) is 1. The van der Waals surface area contributed by atoms with Crippen molar-refractivity contribution in [1.82, 2.24) is 0 Å². The van der Waals surface area contributed by atoms with Gasteiger partial charge in [-0.05, 0) is 56.4 Å². The summed E-state index contributed by atoms with van der Waals surface area (Å²) in [7, 11) is 0. The third-order valence-corrected chi connectivity index (χ3v) is 9.04. The second kappa shape index (κ2) is 5.58. The molecule has 0 bridgehead atoms. The first-order valence-electron chi connectivity index (χ1n) is 10.6. The first kappa shape index (κ1) is 18.1. The number of esters is 1. The molecule has 1 saturated heterocycles. The quantitative estimate of drug-likeness (QED) is 0.549. The second-order valence-electron chi connectivity index (χ2n) is 10.0. The van der Waals surface area contributed by atoms with E-state index >= 15 is 0 Å². The summed E-state index contributed by atoms with van der Waals surface area (Å²) in [6.45, 7) is 4.42. The van der Waals surface area contributed by atoms with Gasteiger partial charge in [0.25, 0.3) is 0 Å². The SMILES string of the molecule is C[C@]12CCC(=O)C=C1C[C@@H](C(=O)O)[C@@H]1C2=CC[C@@]2(C)[C@H]1CC[C@]21CCC(=O)O1. The standard InChI is InChI=1S/C23H28O5/c1-21-7-3-14(24)11-13(21)12-15(20(26)27)19-16(21)4-8-22(2)17(19)5-9-23(22)10-6-18(25)28-23/h4,11,15,17,19H,3,5-10,12H2,1-2H3,(H,26,27)/t15-,17+,19-,21+,22+,23+/m1/s1. The van der Waals surface area contributed by atoms with E-state index < -0.39 is 17.5 Å². The highest BCUT2D eigenvalue weighted by atomic mass is 16.6. The van der Waals surface area contributed by atoms with Crippen molar-refractivity contribution in [1.29, 1.82) is 0 Å². The van der Waals surface area contributed by atoms with Crippen LogP contribution in [0.25, 0.3) is 0 Å². The van der Waals surface area contributed by atoms with Crippen molar-refractivity contribution in [2.45, 2.75) is 70.8 Å². The minimum absolute atomic E-state index is 0.0368. The van der Waals surface area contributed by atoms with Crippen LogP contribution in [0.5, 0.6) is 0 Å². The molecule has 1 aliphatic heterocycles. The molecule has 6 atom stereocenters. The molecule has 0 amide bonds. The largest absolute Gasteiger partial charge is 0.481 e. The Labute approximate surface area is 165 Å². The molecule has 4 aliphatic carbocycles. The minimum atomic E-state index is -0.773. The molecular formula is C23H28O5. The Morgan fingerprint density at radius 2 is 1.96 bits per heavy atom. The minimum Gasteiger partial charge on any atom is -0.481 e. The Morgan fingerprint density at radius 1 is 1.18 bits per heavy atom. The molecule has 0 aromatic heterocycles. The first-order chi connectivity index (χ1) is 13.2. The zero-order chi connectivity index (χ0) is 19.9. The smallest absolute Gasteiger partial charge is 0.307 e. The zero-order valence-corrected chi connectivity index (χ0v) is 16.6. The highest BCUT2D eigenvalue weighted by molar-refractivity contribution is 5.92. The second-order valence-corrected chi connectivity index (χ2v) is 10.0. The van der Waals surface area contributed by atoms with E-state index in [0.29, 0.717) is 19.3 Å². The summed E-state index contributed by atoms with van der Waals surface area (Å²) in [6, 6.07) is 0. The Hall–Kier alpha value is -1.91. The van der Waals surface area contributed by atoms with Crippen molar-refractivity contribution in [2.75, 3.05) is 0 Å². The molecule has 0 radical (unpaired) electrons. The number of carbonyl (C=O) groups excluding carboxylic acids is 2. The fourth-order valence-corrected chi connectivity index (χ4v) is 7.39. The van der Waals surface area contributed by atoms with Gasteiger partial charge in [0.2, 0.25) is 0 Å². The summed E-state index contributed by atoms with van der Waals surface area (Å²) in [4.78, 5) is 36.3. The fraction of sp³-hybridized carbons (Fsp3) is 0.696. The highest BCUT2D eigenvalue weighted by Crippen LogP contribution is 2.68. The molecule has 1 spiro atoms. The van der Waals surface area contributed by atoms with Crippen molar-refractivity contribution in [3.05, 3.63) is 23.3 Å². The van der Waals surface area contributed by atoms with Gasteiger partial charge in [0.1, 0.15) is 5.60 Å². The van der Waals surface area contributed by atoms with E-state index in [2.05, 4.69) is 19.9 Å². The number of rotatable bonds is 1. The Kier molecular flexibility index (Phi) is 3.61. The predicted octanol–water partition coefficient (Wildman–Crippen LogP) is 3.82. The molecule has 0 aromatic carbocycles. The van der Waals surface area contributed by atoms with Crippen LogP contribution >= 0.6 is 0 Å². The number of fused-ring (bicyclic) bond motifs is 6. The van der Waals surface area contributed by atoms with Gasteiger partial charge in [-0.3, -0.25) is 14.4 Å². The summed E-state index contributed by atoms with van der Waals surface area (Å²) in [5.41, 5.74) is 1.40. The summed E-state index contributed by atoms with van der Waals surface area (Å²) < 4.78 is 5.93. The van der Waals surface area contributed by atoms with Gasteiger partial charge in [-0.1, -0.05) is 31.1 Å². The van der Waals surface area contributed by atoms with Crippen molar-refractivity contribution >= 4 is 17.7 Å². The summed E-state index contributed by atoms with van der Waals surface area (Å²) in [6.07, 6.45) is 9.53. The lowest BCUT2D eigenvalue weighted by molar-refractivity contribution is -0.162. The van der Waals surface area contributed by atoms with Crippen LogP contribution in [0.1, 0.15) is 65.2 Å². The van der Waals surface area contributed by atoms with Crippen LogP contribution in [0, 0.1) is 28.6 Å². The molecule has 1 N–H and O–H groups in total. The average molecular weight is 384 g/mol. The van der Waals surface area contributed by atoms with Gasteiger partial charge in [-0.15, -0.1) is 0 Å². The van der Waals surface area contributed by atoms with Gasteiger partial charge < -0.3 is 9.84 Å². The molecule has 3 fully saturated rings. The zero-order valence-electron chi connectivity index (χ0n) is 16.6. The third kappa shape index (κ3) is 2.11. The molecule has 0 aromatic rings. The maximum absolute atomic E-state index is 12.3. The van der Waals surface area contributed by atoms with Crippen LogP contribution in [0.2, 0.25) is 0 Å². The lowest BCUT2D eigenvalue weighted by atomic mass is 9.48. The number of allylic oxidation sites excluding steroid dienone is 4. The molecular weight excluding hydrogens is 356 g/mol. The van der Waals surface area contributed by atoms with Crippen LogP contribution in [0.15, 0.2) is 23.3 Å². The maximum Gasteiger partial charge on any atom is 0.307 e. The van der Waals surface area contributed by atoms with E-state index in [1.54, 1.807) is 6.08 Å². The average Bonchev–Trinajstić information content (AvgIpc) is 3.16. The number of carboxylic acids is 1. The van der Waals surface area contributed by atoms with Crippen LogP contribution < -0.4 is 0 Å². The lowest BCUT2D eigenvalue weighted by Gasteiger charge is -2.56. The van der Waals surface area contributed by atoms with Crippen LogP contribution in [-0.2, 0) is 19.1 Å².